The molecule has 6 heteroatoms. The van der Waals surface area contributed by atoms with Gasteiger partial charge < -0.3 is 4.42 Å². The fraction of sp³-hybridized carbons (Fsp3) is 0.0588. The Morgan fingerprint density at radius 1 is 0.775 bits per heavy atom. The number of nitrogens with zero attached hydrogens (tertiary/aromatic N) is 3. The summed E-state index contributed by atoms with van der Waals surface area (Å²) < 4.78 is 38.7. The molecule has 4 aromatic carbocycles. The SMILES string of the molecule is Cc1cc2c(cc1-c1n(-c3c(-c4ccccc4)cccc3-c3ccccc3)cc[n+]1C)oc1nc(F)cc(F)c12. The molecule has 0 aliphatic carbocycles. The number of furan rings is 1. The summed E-state index contributed by atoms with van der Waals surface area (Å²) in [7, 11) is 2.00. The highest BCUT2D eigenvalue weighted by Gasteiger charge is 2.27. The van der Waals surface area contributed by atoms with Crippen LogP contribution in [0.1, 0.15) is 5.56 Å². The van der Waals surface area contributed by atoms with Gasteiger partial charge in [-0.3, -0.25) is 0 Å². The molecule has 0 saturated carbocycles. The van der Waals surface area contributed by atoms with E-state index in [4.69, 9.17) is 4.42 Å². The average Bonchev–Trinajstić information content (AvgIpc) is 3.52. The third-order valence-electron chi connectivity index (χ3n) is 7.40. The van der Waals surface area contributed by atoms with Crippen LogP contribution in [-0.4, -0.2) is 9.55 Å². The Morgan fingerprint density at radius 3 is 2.08 bits per heavy atom. The first-order chi connectivity index (χ1) is 19.5. The summed E-state index contributed by atoms with van der Waals surface area (Å²) in [5, 5.41) is 0.753. The van der Waals surface area contributed by atoms with Gasteiger partial charge in [0.05, 0.1) is 18.0 Å². The van der Waals surface area contributed by atoms with Gasteiger partial charge >= 0.3 is 0 Å². The smallest absolute Gasteiger partial charge is 0.294 e. The Balaban J connectivity index is 1.52. The van der Waals surface area contributed by atoms with Gasteiger partial charge in [-0.05, 0) is 35.7 Å². The predicted octanol–water partition coefficient (Wildman–Crippen LogP) is 8.18. The minimum absolute atomic E-state index is 0.0513. The molecule has 0 radical (unpaired) electrons. The molecule has 0 N–H and O–H groups in total. The van der Waals surface area contributed by atoms with Gasteiger partial charge in [-0.25, -0.2) is 8.96 Å². The maximum atomic E-state index is 14.7. The number of benzene rings is 4. The van der Waals surface area contributed by atoms with Gasteiger partial charge in [0.1, 0.15) is 29.5 Å². The van der Waals surface area contributed by atoms with E-state index in [2.05, 4.69) is 62.8 Å². The van der Waals surface area contributed by atoms with Gasteiger partial charge in [-0.2, -0.15) is 13.9 Å². The van der Waals surface area contributed by atoms with Gasteiger partial charge in [0.2, 0.25) is 11.7 Å². The molecule has 3 heterocycles. The van der Waals surface area contributed by atoms with E-state index in [0.717, 1.165) is 51.0 Å². The summed E-state index contributed by atoms with van der Waals surface area (Å²) in [6.07, 6.45) is 4.08. The van der Waals surface area contributed by atoms with E-state index in [9.17, 15) is 8.78 Å². The molecular weight excluding hydrogens is 504 g/mol. The van der Waals surface area contributed by atoms with Gasteiger partial charge in [0.25, 0.3) is 5.82 Å². The highest BCUT2D eigenvalue weighted by atomic mass is 19.1. The van der Waals surface area contributed by atoms with E-state index in [1.165, 1.54) is 0 Å². The molecule has 0 atom stereocenters. The number of aromatic nitrogens is 3. The van der Waals surface area contributed by atoms with Crippen LogP contribution >= 0.6 is 0 Å². The second-order valence-corrected chi connectivity index (χ2v) is 9.91. The first-order valence-corrected chi connectivity index (χ1v) is 13.0. The normalized spacial score (nSPS) is 11.5. The zero-order chi connectivity index (χ0) is 27.4. The van der Waals surface area contributed by atoms with E-state index >= 15 is 0 Å². The Morgan fingerprint density at radius 2 is 1.43 bits per heavy atom. The van der Waals surface area contributed by atoms with Crippen LogP contribution in [0.25, 0.3) is 61.4 Å². The Labute approximate surface area is 229 Å². The molecule has 0 unspecified atom stereocenters. The van der Waals surface area contributed by atoms with E-state index in [-0.39, 0.29) is 11.1 Å². The van der Waals surface area contributed by atoms with Crippen LogP contribution in [0.3, 0.4) is 0 Å². The number of imidazole rings is 1. The minimum atomic E-state index is -0.910. The van der Waals surface area contributed by atoms with Crippen molar-refractivity contribution in [3.63, 3.8) is 0 Å². The summed E-state index contributed by atoms with van der Waals surface area (Å²) in [5.41, 5.74) is 7.64. The lowest BCUT2D eigenvalue weighted by molar-refractivity contribution is -0.659. The highest BCUT2D eigenvalue weighted by molar-refractivity contribution is 6.05. The number of hydrogen-bond donors (Lipinski definition) is 0. The highest BCUT2D eigenvalue weighted by Crippen LogP contribution is 2.39. The molecule has 7 aromatic rings. The number of para-hydroxylation sites is 1. The molecule has 0 saturated heterocycles. The molecule has 0 aliphatic rings. The third kappa shape index (κ3) is 3.80. The lowest BCUT2D eigenvalue weighted by Gasteiger charge is -2.15. The molecule has 0 spiro atoms. The topological polar surface area (TPSA) is 34.8 Å². The van der Waals surface area contributed by atoms with Crippen molar-refractivity contribution in [3.05, 3.63) is 127 Å². The van der Waals surface area contributed by atoms with Gasteiger partial charge in [-0.15, -0.1) is 0 Å². The lowest BCUT2D eigenvalue weighted by atomic mass is 9.95. The van der Waals surface area contributed by atoms with Crippen LogP contribution in [-0.2, 0) is 7.05 Å². The molecule has 0 bridgehead atoms. The monoisotopic (exact) mass is 528 g/mol. The Hall–Kier alpha value is -5.10. The molecule has 40 heavy (non-hydrogen) atoms. The van der Waals surface area contributed by atoms with Crippen LogP contribution in [0.5, 0.6) is 0 Å². The number of hydrogen-bond acceptors (Lipinski definition) is 2. The van der Waals surface area contributed by atoms with Crippen LogP contribution in [0, 0.1) is 18.7 Å². The minimum Gasteiger partial charge on any atom is -0.437 e. The van der Waals surface area contributed by atoms with E-state index in [1.54, 1.807) is 0 Å². The number of fused-ring (bicyclic) bond motifs is 3. The predicted molar refractivity (Wildman–Crippen MR) is 153 cm³/mol. The van der Waals surface area contributed by atoms with Gasteiger partial charge in [0, 0.05) is 22.6 Å². The maximum absolute atomic E-state index is 14.7. The maximum Gasteiger partial charge on any atom is 0.294 e. The summed E-state index contributed by atoms with van der Waals surface area (Å²) in [6.45, 7) is 1.99. The van der Waals surface area contributed by atoms with E-state index in [0.29, 0.717) is 11.0 Å². The van der Waals surface area contributed by atoms with Crippen molar-refractivity contribution < 1.29 is 17.8 Å². The second-order valence-electron chi connectivity index (χ2n) is 9.91. The van der Waals surface area contributed by atoms with Gasteiger partial charge in [-0.1, -0.05) is 78.9 Å². The number of halogens is 2. The zero-order valence-electron chi connectivity index (χ0n) is 21.9. The molecule has 0 fully saturated rings. The third-order valence-corrected chi connectivity index (χ3v) is 7.40. The fourth-order valence-electron chi connectivity index (χ4n) is 5.58. The van der Waals surface area contributed by atoms with Crippen molar-refractivity contribution in [2.75, 3.05) is 0 Å². The van der Waals surface area contributed by atoms with Crippen LogP contribution in [0.15, 0.2) is 114 Å². The van der Waals surface area contributed by atoms with E-state index < -0.39 is 11.8 Å². The van der Waals surface area contributed by atoms with Crippen molar-refractivity contribution in [2.24, 2.45) is 7.05 Å². The summed E-state index contributed by atoms with van der Waals surface area (Å²) in [6, 6.07) is 31.6. The van der Waals surface area contributed by atoms with Crippen LogP contribution < -0.4 is 4.57 Å². The first-order valence-electron chi connectivity index (χ1n) is 13.0. The van der Waals surface area contributed by atoms with Crippen molar-refractivity contribution in [2.45, 2.75) is 6.92 Å². The summed E-state index contributed by atoms with van der Waals surface area (Å²) >= 11 is 0. The Bertz CT molecular complexity index is 1990. The zero-order valence-corrected chi connectivity index (χ0v) is 21.9. The molecule has 3 aromatic heterocycles. The fourth-order valence-corrected chi connectivity index (χ4v) is 5.58. The summed E-state index contributed by atoms with van der Waals surface area (Å²) in [4.78, 5) is 3.79. The lowest BCUT2D eigenvalue weighted by Crippen LogP contribution is -2.29. The first kappa shape index (κ1) is 24.0. The average molecular weight is 529 g/mol. The molecular formula is C34H24F2N3O+. The van der Waals surface area contributed by atoms with Crippen molar-refractivity contribution in [3.8, 4) is 39.3 Å². The van der Waals surface area contributed by atoms with Crippen LogP contribution in [0.4, 0.5) is 8.78 Å². The van der Waals surface area contributed by atoms with Crippen molar-refractivity contribution in [1.29, 1.82) is 0 Å². The van der Waals surface area contributed by atoms with Gasteiger partial charge in [0.15, 0.2) is 0 Å². The number of pyridine rings is 1. The second kappa shape index (κ2) is 9.27. The molecule has 0 aliphatic heterocycles. The largest absolute Gasteiger partial charge is 0.437 e. The number of aryl methyl sites for hydroxylation is 2. The summed E-state index contributed by atoms with van der Waals surface area (Å²) in [5.74, 6) is -0.682. The molecule has 0 amide bonds. The molecule has 194 valence electrons. The quantitative estimate of drug-likeness (QED) is 0.171. The molecule has 4 nitrogen and oxygen atoms in total. The standard InChI is InChI=1S/C34H24F2N3O/c1-21-18-27-29(40-33-31(27)28(35)20-30(36)37-33)19-26(21)34-38(2)16-17-39(34)32-24(22-10-5-3-6-11-22)14-9-15-25(32)23-12-7-4-8-13-23/h3-20H,1-2H3/q+1. The molecule has 7 rings (SSSR count). The van der Waals surface area contributed by atoms with E-state index in [1.807, 2.05) is 68.7 Å². The van der Waals surface area contributed by atoms with Crippen molar-refractivity contribution in [1.82, 2.24) is 9.55 Å². The van der Waals surface area contributed by atoms with Crippen LogP contribution in [0.2, 0.25) is 0 Å². The van der Waals surface area contributed by atoms with Crippen molar-refractivity contribution >= 4 is 22.1 Å². The Kier molecular flexibility index (Phi) is 5.56. The number of rotatable bonds is 4.